The number of nitrogens with one attached hydrogen (secondary N) is 1. The topological polar surface area (TPSA) is 65.8 Å². The maximum atomic E-state index is 12.0. The summed E-state index contributed by atoms with van der Waals surface area (Å²) in [5.74, 6) is -0.271. The Labute approximate surface area is 131 Å². The number of amides is 1. The van der Waals surface area contributed by atoms with Crippen LogP contribution in [0.15, 0.2) is 54.1 Å². The summed E-state index contributed by atoms with van der Waals surface area (Å²) in [7, 11) is 0. The van der Waals surface area contributed by atoms with Crippen LogP contribution in [0, 0.1) is 11.3 Å². The minimum Gasteiger partial charge on any atom is -0.313 e. The van der Waals surface area contributed by atoms with Gasteiger partial charge in [-0.2, -0.15) is 5.26 Å². The monoisotopic (exact) mass is 305 g/mol. The fraction of sp³-hybridized carbons (Fsp3) is 0. The van der Waals surface area contributed by atoms with Crippen LogP contribution < -0.4 is 5.32 Å². The Morgan fingerprint density at radius 1 is 1.27 bits per heavy atom. The van der Waals surface area contributed by atoms with Crippen LogP contribution in [0.2, 0.25) is 0 Å². The number of nitrogens with zero attached hydrogens (tertiary/aromatic N) is 2. The molecule has 3 rings (SSSR count). The van der Waals surface area contributed by atoms with Crippen molar-refractivity contribution in [2.24, 2.45) is 0 Å². The number of benzene rings is 1. The number of aromatic nitrogens is 1. The molecule has 0 atom stereocenters. The first-order valence-electron chi connectivity index (χ1n) is 6.58. The van der Waals surface area contributed by atoms with Crippen LogP contribution in [0.1, 0.15) is 11.1 Å². The van der Waals surface area contributed by atoms with Gasteiger partial charge < -0.3 is 5.32 Å². The van der Waals surface area contributed by atoms with Crippen LogP contribution in [0.4, 0.5) is 5.00 Å². The molecule has 0 saturated heterocycles. The summed E-state index contributed by atoms with van der Waals surface area (Å²) in [4.78, 5) is 16.3. The summed E-state index contributed by atoms with van der Waals surface area (Å²) in [6.07, 6.45) is 4.90. The van der Waals surface area contributed by atoms with Gasteiger partial charge >= 0.3 is 0 Å². The maximum Gasteiger partial charge on any atom is 0.249 e. The number of thiophene rings is 1. The molecule has 22 heavy (non-hydrogen) atoms. The van der Waals surface area contributed by atoms with E-state index in [1.165, 1.54) is 17.4 Å². The zero-order valence-electron chi connectivity index (χ0n) is 11.5. The summed E-state index contributed by atoms with van der Waals surface area (Å²) < 4.78 is 0. The van der Waals surface area contributed by atoms with Gasteiger partial charge in [-0.05, 0) is 23.6 Å². The Morgan fingerprint density at radius 3 is 3.00 bits per heavy atom. The average Bonchev–Trinajstić information content (AvgIpc) is 3.00. The van der Waals surface area contributed by atoms with Crippen LogP contribution >= 0.6 is 11.3 Å². The predicted molar refractivity (Wildman–Crippen MR) is 88.4 cm³/mol. The van der Waals surface area contributed by atoms with Gasteiger partial charge in [-0.15, -0.1) is 11.3 Å². The van der Waals surface area contributed by atoms with Gasteiger partial charge in [0.05, 0.1) is 11.1 Å². The summed E-state index contributed by atoms with van der Waals surface area (Å²) >= 11 is 1.33. The summed E-state index contributed by atoms with van der Waals surface area (Å²) in [5.41, 5.74) is 2.20. The van der Waals surface area contributed by atoms with Gasteiger partial charge in [0.2, 0.25) is 5.91 Å². The van der Waals surface area contributed by atoms with E-state index in [4.69, 9.17) is 5.26 Å². The Hall–Kier alpha value is -2.97. The molecular weight excluding hydrogens is 294 g/mol. The van der Waals surface area contributed by atoms with Crippen molar-refractivity contribution < 1.29 is 4.79 Å². The lowest BCUT2D eigenvalue weighted by atomic mass is 10.1. The molecule has 4 nitrogen and oxygen atoms in total. The van der Waals surface area contributed by atoms with Crippen molar-refractivity contribution in [2.75, 3.05) is 5.32 Å². The molecule has 2 aromatic heterocycles. The lowest BCUT2D eigenvalue weighted by molar-refractivity contribution is -0.111. The van der Waals surface area contributed by atoms with E-state index >= 15 is 0 Å². The quantitative estimate of drug-likeness (QED) is 0.748. The minimum atomic E-state index is -0.271. The van der Waals surface area contributed by atoms with E-state index in [1.54, 1.807) is 23.7 Å². The highest BCUT2D eigenvalue weighted by atomic mass is 32.1. The van der Waals surface area contributed by atoms with Gasteiger partial charge in [0.25, 0.3) is 0 Å². The Kier molecular flexibility index (Phi) is 3.95. The van der Waals surface area contributed by atoms with Crippen molar-refractivity contribution in [1.82, 2.24) is 4.98 Å². The summed E-state index contributed by atoms with van der Waals surface area (Å²) in [5, 5.41) is 15.0. The predicted octanol–water partition coefficient (Wildman–Crippen LogP) is 3.82. The molecule has 0 unspecified atom stereocenters. The van der Waals surface area contributed by atoms with Crippen molar-refractivity contribution in [1.29, 1.82) is 5.26 Å². The Bertz CT molecular complexity index is 900. The average molecular weight is 305 g/mol. The van der Waals surface area contributed by atoms with Gasteiger partial charge in [-0.3, -0.25) is 9.78 Å². The van der Waals surface area contributed by atoms with Crippen LogP contribution in [0.3, 0.4) is 0 Å². The van der Waals surface area contributed by atoms with E-state index in [9.17, 15) is 4.79 Å². The van der Waals surface area contributed by atoms with Gasteiger partial charge in [0.1, 0.15) is 11.1 Å². The first kappa shape index (κ1) is 14.0. The molecular formula is C17H11N3OS. The van der Waals surface area contributed by atoms with Crippen LogP contribution in [-0.2, 0) is 4.79 Å². The van der Waals surface area contributed by atoms with Crippen molar-refractivity contribution in [2.45, 2.75) is 0 Å². The summed E-state index contributed by atoms with van der Waals surface area (Å²) in [6, 6.07) is 13.4. The molecule has 0 fully saturated rings. The second-order valence-electron chi connectivity index (χ2n) is 4.52. The smallest absolute Gasteiger partial charge is 0.249 e. The van der Waals surface area contributed by atoms with Gasteiger partial charge in [-0.25, -0.2) is 0 Å². The number of rotatable bonds is 3. The lowest BCUT2D eigenvalue weighted by Gasteiger charge is -2.01. The highest BCUT2D eigenvalue weighted by Crippen LogP contribution is 2.22. The van der Waals surface area contributed by atoms with Crippen molar-refractivity contribution in [3.05, 3.63) is 65.2 Å². The van der Waals surface area contributed by atoms with Crippen molar-refractivity contribution in [3.63, 3.8) is 0 Å². The molecule has 2 heterocycles. The lowest BCUT2D eigenvalue weighted by Crippen LogP contribution is -2.07. The molecule has 0 spiro atoms. The van der Waals surface area contributed by atoms with Crippen LogP contribution in [0.5, 0.6) is 0 Å². The van der Waals surface area contributed by atoms with E-state index in [-0.39, 0.29) is 5.91 Å². The first-order valence-corrected chi connectivity index (χ1v) is 7.46. The molecule has 0 aliphatic heterocycles. The molecule has 0 saturated carbocycles. The molecule has 0 bridgehead atoms. The van der Waals surface area contributed by atoms with Crippen molar-refractivity contribution in [3.8, 4) is 6.07 Å². The largest absolute Gasteiger partial charge is 0.313 e. The number of pyridine rings is 1. The molecule has 0 aliphatic carbocycles. The maximum absolute atomic E-state index is 12.0. The summed E-state index contributed by atoms with van der Waals surface area (Å²) in [6.45, 7) is 0. The van der Waals surface area contributed by atoms with Crippen molar-refractivity contribution >= 4 is 39.2 Å². The third-order valence-electron chi connectivity index (χ3n) is 3.10. The molecule has 5 heteroatoms. The third kappa shape index (κ3) is 2.87. The van der Waals surface area contributed by atoms with Crippen LogP contribution in [0.25, 0.3) is 17.0 Å². The SMILES string of the molecule is N#Cc1ccsc1NC(=O)C=Cc1cccc2cccnc12. The molecule has 0 radical (unpaired) electrons. The number of anilines is 1. The second kappa shape index (κ2) is 6.20. The number of para-hydroxylation sites is 1. The zero-order chi connectivity index (χ0) is 15.4. The number of hydrogen-bond acceptors (Lipinski definition) is 4. The van der Waals surface area contributed by atoms with Crippen LogP contribution in [-0.4, -0.2) is 10.9 Å². The Balaban J connectivity index is 1.81. The normalized spacial score (nSPS) is 10.7. The number of carbonyl (C=O) groups excluding carboxylic acids is 1. The fourth-order valence-corrected chi connectivity index (χ4v) is 2.82. The van der Waals surface area contributed by atoms with E-state index in [0.717, 1.165) is 16.5 Å². The fourth-order valence-electron chi connectivity index (χ4n) is 2.08. The highest BCUT2D eigenvalue weighted by Gasteiger charge is 2.06. The molecule has 1 amide bonds. The van der Waals surface area contributed by atoms with Gasteiger partial charge in [0, 0.05) is 23.2 Å². The highest BCUT2D eigenvalue weighted by molar-refractivity contribution is 7.14. The zero-order valence-corrected chi connectivity index (χ0v) is 12.3. The number of nitriles is 1. The minimum absolute atomic E-state index is 0.271. The van der Waals surface area contributed by atoms with Gasteiger partial charge in [0.15, 0.2) is 0 Å². The number of carbonyl (C=O) groups is 1. The second-order valence-corrected chi connectivity index (χ2v) is 5.44. The molecule has 1 aromatic carbocycles. The number of fused-ring (bicyclic) bond motifs is 1. The van der Waals surface area contributed by atoms with E-state index in [1.807, 2.05) is 36.4 Å². The molecule has 3 aromatic rings. The van der Waals surface area contributed by atoms with Gasteiger partial charge in [-0.1, -0.05) is 24.3 Å². The molecule has 1 N–H and O–H groups in total. The Morgan fingerprint density at radius 2 is 2.14 bits per heavy atom. The molecule has 106 valence electrons. The molecule has 0 aliphatic rings. The van der Waals surface area contributed by atoms with E-state index in [2.05, 4.69) is 10.3 Å². The van der Waals surface area contributed by atoms with E-state index in [0.29, 0.717) is 10.6 Å². The third-order valence-corrected chi connectivity index (χ3v) is 3.93. The number of hydrogen-bond donors (Lipinski definition) is 1. The first-order chi connectivity index (χ1) is 10.8. The van der Waals surface area contributed by atoms with E-state index < -0.39 is 0 Å². The standard InChI is InChI=1S/C17H11N3OS/c18-11-14-8-10-22-17(14)20-15(21)7-6-13-4-1-3-12-5-2-9-19-16(12)13/h1-10H,(H,20,21).